The Bertz CT molecular complexity index is 852. The van der Waals surface area contributed by atoms with E-state index < -0.39 is 12.1 Å². The second kappa shape index (κ2) is 9.04. The first-order chi connectivity index (χ1) is 13.5. The number of rotatable bonds is 3. The highest BCUT2D eigenvalue weighted by atomic mass is 19.4. The first-order valence-corrected chi connectivity index (χ1v) is 8.71. The number of halogens is 3. The van der Waals surface area contributed by atoms with Crippen LogP contribution in [0.4, 0.5) is 13.2 Å². The molecule has 1 aliphatic rings. The molecule has 0 radical (unpaired) electrons. The second-order valence-corrected chi connectivity index (χ2v) is 6.61. The van der Waals surface area contributed by atoms with Gasteiger partial charge in [0, 0.05) is 18.2 Å². The van der Waals surface area contributed by atoms with Crippen LogP contribution in [0.25, 0.3) is 0 Å². The number of phenols is 2. The zero-order valence-corrected chi connectivity index (χ0v) is 15.9. The molecular weight excluding hydrogens is 391 g/mol. The highest BCUT2D eigenvalue weighted by molar-refractivity contribution is 5.73. The molecule has 3 rings (SSSR count). The molecule has 0 aromatic heterocycles. The van der Waals surface area contributed by atoms with Crippen molar-refractivity contribution in [1.29, 1.82) is 0 Å². The predicted molar refractivity (Wildman–Crippen MR) is 99.2 cm³/mol. The van der Waals surface area contributed by atoms with Gasteiger partial charge in [-0.25, -0.2) is 4.79 Å². The van der Waals surface area contributed by atoms with Gasteiger partial charge in [0.2, 0.25) is 0 Å². The van der Waals surface area contributed by atoms with E-state index in [-0.39, 0.29) is 17.5 Å². The fraction of sp³-hybridized carbons (Fsp3) is 0.350. The summed E-state index contributed by atoms with van der Waals surface area (Å²) in [6.07, 6.45) is -3.38. The number of ether oxygens (including phenoxy) is 1. The Morgan fingerprint density at radius 3 is 2.28 bits per heavy atom. The van der Waals surface area contributed by atoms with Crippen molar-refractivity contribution in [2.75, 3.05) is 20.7 Å². The molecule has 0 amide bonds. The molecule has 9 heteroatoms. The van der Waals surface area contributed by atoms with E-state index in [0.29, 0.717) is 5.75 Å². The first-order valence-electron chi connectivity index (χ1n) is 8.71. The number of hydrogen-bond acceptors (Lipinski definition) is 5. The number of aliphatic carboxylic acids is 1. The van der Waals surface area contributed by atoms with Gasteiger partial charge in [-0.05, 0) is 49.2 Å². The summed E-state index contributed by atoms with van der Waals surface area (Å²) in [5.41, 5.74) is 3.27. The number of methoxy groups -OCH3 is 1. The Balaban J connectivity index is 0.000000370. The number of alkyl halides is 3. The van der Waals surface area contributed by atoms with Gasteiger partial charge >= 0.3 is 12.1 Å². The van der Waals surface area contributed by atoms with E-state index in [2.05, 4.69) is 11.9 Å². The van der Waals surface area contributed by atoms with Crippen LogP contribution in [0, 0.1) is 0 Å². The van der Waals surface area contributed by atoms with Crippen molar-refractivity contribution in [3.05, 3.63) is 53.1 Å². The van der Waals surface area contributed by atoms with Crippen molar-refractivity contribution in [3.8, 4) is 17.2 Å². The molecule has 0 saturated carbocycles. The van der Waals surface area contributed by atoms with Crippen LogP contribution in [0.2, 0.25) is 0 Å². The maximum absolute atomic E-state index is 10.6. The van der Waals surface area contributed by atoms with E-state index in [1.807, 2.05) is 24.3 Å². The molecule has 0 bridgehead atoms. The molecule has 0 saturated heterocycles. The van der Waals surface area contributed by atoms with E-state index >= 15 is 0 Å². The summed E-state index contributed by atoms with van der Waals surface area (Å²) in [4.78, 5) is 11.2. The Morgan fingerprint density at radius 1 is 1.17 bits per heavy atom. The van der Waals surface area contributed by atoms with Gasteiger partial charge in [0.1, 0.15) is 5.75 Å². The number of fused-ring (bicyclic) bond motifs is 1. The van der Waals surface area contributed by atoms with Gasteiger partial charge in [0.15, 0.2) is 11.5 Å². The van der Waals surface area contributed by atoms with Crippen molar-refractivity contribution in [2.45, 2.75) is 25.1 Å². The van der Waals surface area contributed by atoms with Crippen LogP contribution < -0.4 is 4.74 Å². The highest BCUT2D eigenvalue weighted by Crippen LogP contribution is 2.42. The fourth-order valence-corrected chi connectivity index (χ4v) is 3.17. The molecule has 0 unspecified atom stereocenters. The summed E-state index contributed by atoms with van der Waals surface area (Å²) in [6, 6.07) is 11.2. The summed E-state index contributed by atoms with van der Waals surface area (Å²) in [6.45, 7) is 0.960. The maximum atomic E-state index is 10.6. The van der Waals surface area contributed by atoms with Crippen molar-refractivity contribution in [1.82, 2.24) is 4.90 Å². The molecule has 2 aromatic carbocycles. The van der Waals surface area contributed by atoms with Crippen LogP contribution >= 0.6 is 0 Å². The summed E-state index contributed by atoms with van der Waals surface area (Å²) >= 11 is 0. The van der Waals surface area contributed by atoms with Gasteiger partial charge in [0.25, 0.3) is 0 Å². The lowest BCUT2D eigenvalue weighted by molar-refractivity contribution is -0.192. The van der Waals surface area contributed by atoms with Gasteiger partial charge in [-0.2, -0.15) is 13.2 Å². The normalized spacial score (nSPS) is 16.4. The highest BCUT2D eigenvalue weighted by Gasteiger charge is 2.38. The Kier molecular flexibility index (Phi) is 6.97. The number of aromatic hydroxyl groups is 2. The lowest BCUT2D eigenvalue weighted by Crippen LogP contribution is -2.33. The van der Waals surface area contributed by atoms with Crippen LogP contribution in [-0.2, 0) is 17.6 Å². The first kappa shape index (κ1) is 22.4. The molecule has 6 nitrogen and oxygen atoms in total. The number of carbonyl (C=O) groups is 1. The third-order valence-electron chi connectivity index (χ3n) is 4.70. The lowest BCUT2D eigenvalue weighted by atomic mass is 9.88. The van der Waals surface area contributed by atoms with E-state index in [1.54, 1.807) is 19.2 Å². The molecule has 0 aliphatic carbocycles. The number of phenolic OH excluding ortho intramolecular Hbond substituents is 2. The summed E-state index contributed by atoms with van der Waals surface area (Å²) < 4.78 is 37.0. The Hall–Kier alpha value is -2.94. The van der Waals surface area contributed by atoms with Crippen LogP contribution in [0.1, 0.15) is 22.7 Å². The van der Waals surface area contributed by atoms with Crippen LogP contribution in [0.5, 0.6) is 17.2 Å². The maximum Gasteiger partial charge on any atom is 0.490 e. The zero-order chi connectivity index (χ0) is 21.8. The minimum Gasteiger partial charge on any atom is -0.508 e. The second-order valence-electron chi connectivity index (χ2n) is 6.61. The van der Waals surface area contributed by atoms with Gasteiger partial charge in [-0.1, -0.05) is 18.2 Å². The van der Waals surface area contributed by atoms with Crippen LogP contribution in [0.15, 0.2) is 36.4 Å². The lowest BCUT2D eigenvalue weighted by Gasteiger charge is -2.35. The number of hydrogen-bond donors (Lipinski definition) is 3. The number of likely N-dealkylation sites (N-methyl/N-ethyl adjacent to an activating group) is 1. The third-order valence-corrected chi connectivity index (χ3v) is 4.70. The molecule has 158 valence electrons. The summed E-state index contributed by atoms with van der Waals surface area (Å²) in [7, 11) is 3.65. The molecule has 29 heavy (non-hydrogen) atoms. The minimum atomic E-state index is -5.08. The number of carboxylic acid groups (broad SMARTS) is 1. The molecule has 2 aromatic rings. The molecular formula is C20H22F3NO5. The monoisotopic (exact) mass is 413 g/mol. The van der Waals surface area contributed by atoms with Gasteiger partial charge in [0.05, 0.1) is 7.11 Å². The van der Waals surface area contributed by atoms with E-state index in [4.69, 9.17) is 14.6 Å². The van der Waals surface area contributed by atoms with E-state index in [0.717, 1.165) is 30.5 Å². The van der Waals surface area contributed by atoms with Gasteiger partial charge in [-0.3, -0.25) is 4.90 Å². The molecule has 0 fully saturated rings. The van der Waals surface area contributed by atoms with E-state index in [9.17, 15) is 23.4 Å². The summed E-state index contributed by atoms with van der Waals surface area (Å²) in [5, 5.41) is 27.1. The molecule has 3 N–H and O–H groups in total. The third kappa shape index (κ3) is 5.54. The number of carboxylic acids is 1. The number of benzene rings is 2. The summed E-state index contributed by atoms with van der Waals surface area (Å²) in [5.74, 6) is -1.72. The minimum absolute atomic E-state index is 0.100. The van der Waals surface area contributed by atoms with Crippen LogP contribution in [-0.4, -0.2) is 53.1 Å². The number of nitrogens with zero attached hydrogens (tertiary/aromatic N) is 1. The van der Waals surface area contributed by atoms with E-state index in [1.165, 1.54) is 5.56 Å². The van der Waals surface area contributed by atoms with Crippen molar-refractivity contribution >= 4 is 5.97 Å². The van der Waals surface area contributed by atoms with Crippen LogP contribution in [0.3, 0.4) is 0 Å². The average molecular weight is 413 g/mol. The van der Waals surface area contributed by atoms with Crippen molar-refractivity contribution in [2.24, 2.45) is 0 Å². The fourth-order valence-electron chi connectivity index (χ4n) is 3.17. The Morgan fingerprint density at radius 2 is 1.76 bits per heavy atom. The van der Waals surface area contributed by atoms with Gasteiger partial charge < -0.3 is 20.1 Å². The van der Waals surface area contributed by atoms with Crippen molar-refractivity contribution in [3.63, 3.8) is 0 Å². The molecule has 1 aliphatic heterocycles. The average Bonchev–Trinajstić information content (AvgIpc) is 2.65. The topological polar surface area (TPSA) is 90.2 Å². The molecule has 0 spiro atoms. The predicted octanol–water partition coefficient (Wildman–Crippen LogP) is 3.51. The SMILES string of the molecule is COc1ccc2c(c1O)[C@H](Cc1ccc(O)cc1)N(C)CC2.O=C(O)C(F)(F)F. The van der Waals surface area contributed by atoms with Gasteiger partial charge in [-0.15, -0.1) is 0 Å². The smallest absolute Gasteiger partial charge is 0.490 e. The molecule has 1 atom stereocenters. The quantitative estimate of drug-likeness (QED) is 0.714. The molecule has 1 heterocycles. The van der Waals surface area contributed by atoms with Crippen molar-refractivity contribution < 1.29 is 38.0 Å². The Labute approximate surface area is 165 Å². The largest absolute Gasteiger partial charge is 0.508 e. The standard InChI is InChI=1S/C18H21NO3.C2HF3O2/c1-19-10-9-13-5-8-16(22-2)18(21)17(13)15(19)11-12-3-6-14(20)7-4-12;3-2(4,5)1(6)7/h3-8,15,20-21H,9-11H2,1-2H3;(H,6,7)/t15-;/m0./s1. The zero-order valence-electron chi connectivity index (χ0n) is 15.9.